The Labute approximate surface area is 147 Å². The van der Waals surface area contributed by atoms with Gasteiger partial charge in [-0.15, -0.1) is 11.3 Å². The molecule has 1 N–H and O–H groups in total. The Kier molecular flexibility index (Phi) is 4.63. The molecule has 0 aliphatic carbocycles. The van der Waals surface area contributed by atoms with Gasteiger partial charge in [0.05, 0.1) is 12.7 Å². The summed E-state index contributed by atoms with van der Waals surface area (Å²) in [6, 6.07) is 9.69. The first-order chi connectivity index (χ1) is 11.0. The van der Waals surface area contributed by atoms with Crippen LogP contribution in [0, 0.1) is 13.8 Å². The van der Waals surface area contributed by atoms with Crippen LogP contribution in [0.15, 0.2) is 46.4 Å². The van der Waals surface area contributed by atoms with E-state index < -0.39 is 0 Å². The van der Waals surface area contributed by atoms with Gasteiger partial charge in [-0.25, -0.2) is 4.68 Å². The number of aryl methyl sites for hydroxylation is 2. The molecule has 0 bridgehead atoms. The topological polar surface area (TPSA) is 46.9 Å². The van der Waals surface area contributed by atoms with E-state index in [2.05, 4.69) is 38.5 Å². The zero-order valence-corrected chi connectivity index (χ0v) is 15.2. The molecule has 4 nitrogen and oxygen atoms in total. The average molecular weight is 390 g/mol. The van der Waals surface area contributed by atoms with Crippen molar-refractivity contribution in [1.29, 1.82) is 0 Å². The number of hydrogen-bond donors (Lipinski definition) is 1. The van der Waals surface area contributed by atoms with E-state index in [1.807, 2.05) is 37.4 Å². The number of anilines is 1. The minimum absolute atomic E-state index is 0.120. The highest BCUT2D eigenvalue weighted by Gasteiger charge is 2.11. The highest BCUT2D eigenvalue weighted by Crippen LogP contribution is 2.22. The fraction of sp³-hybridized carbons (Fsp3) is 0.176. The average Bonchev–Trinajstić information content (AvgIpc) is 3.08. The highest BCUT2D eigenvalue weighted by molar-refractivity contribution is 9.10. The molecule has 0 radical (unpaired) electrons. The summed E-state index contributed by atoms with van der Waals surface area (Å²) in [7, 11) is 0. The van der Waals surface area contributed by atoms with Gasteiger partial charge in [-0.2, -0.15) is 5.10 Å². The van der Waals surface area contributed by atoms with Crippen LogP contribution in [-0.4, -0.2) is 15.7 Å². The number of nitrogens with zero attached hydrogens (tertiary/aromatic N) is 2. The molecule has 3 aromatic rings. The molecule has 0 atom stereocenters. The second-order valence-electron chi connectivity index (χ2n) is 5.44. The molecule has 0 saturated carbocycles. The highest BCUT2D eigenvalue weighted by atomic mass is 79.9. The van der Waals surface area contributed by atoms with Crippen LogP contribution in [0.25, 0.3) is 0 Å². The number of hydrogen-bond acceptors (Lipinski definition) is 3. The number of thiophene rings is 1. The van der Waals surface area contributed by atoms with Crippen LogP contribution < -0.4 is 5.32 Å². The standard InChI is InChI=1S/C17H16BrN3OS/c1-11-5-12(2)7-13(6-11)17(22)20-16-3-4-19-21(16)9-15-8-14(18)10-23-15/h3-8,10H,9H2,1-2H3,(H,20,22). The molecule has 2 aromatic heterocycles. The van der Waals surface area contributed by atoms with Gasteiger partial charge in [0.1, 0.15) is 5.82 Å². The van der Waals surface area contributed by atoms with Crippen molar-refractivity contribution in [2.45, 2.75) is 20.4 Å². The number of benzene rings is 1. The molecule has 118 valence electrons. The Morgan fingerprint density at radius 3 is 2.65 bits per heavy atom. The van der Waals surface area contributed by atoms with Crippen molar-refractivity contribution in [3.8, 4) is 0 Å². The van der Waals surface area contributed by atoms with Gasteiger partial charge < -0.3 is 5.32 Å². The predicted octanol–water partition coefficient (Wildman–Crippen LogP) is 4.62. The van der Waals surface area contributed by atoms with Crippen molar-refractivity contribution in [1.82, 2.24) is 9.78 Å². The van der Waals surface area contributed by atoms with Crippen LogP contribution in [0.3, 0.4) is 0 Å². The van der Waals surface area contributed by atoms with Gasteiger partial charge in [0.2, 0.25) is 0 Å². The van der Waals surface area contributed by atoms with Crippen molar-refractivity contribution in [2.75, 3.05) is 5.32 Å². The Morgan fingerprint density at radius 1 is 1.26 bits per heavy atom. The number of nitrogens with one attached hydrogen (secondary N) is 1. The van der Waals surface area contributed by atoms with E-state index in [0.717, 1.165) is 15.6 Å². The number of rotatable bonds is 4. The predicted molar refractivity (Wildman–Crippen MR) is 97.2 cm³/mol. The normalized spacial score (nSPS) is 10.7. The van der Waals surface area contributed by atoms with Gasteiger partial charge in [-0.3, -0.25) is 4.79 Å². The van der Waals surface area contributed by atoms with Gasteiger partial charge in [0.25, 0.3) is 5.91 Å². The summed E-state index contributed by atoms with van der Waals surface area (Å²) in [5.74, 6) is 0.574. The molecule has 23 heavy (non-hydrogen) atoms. The Morgan fingerprint density at radius 2 is 2.00 bits per heavy atom. The van der Waals surface area contributed by atoms with Crippen molar-refractivity contribution >= 4 is 39.0 Å². The number of halogens is 1. The lowest BCUT2D eigenvalue weighted by Crippen LogP contribution is -2.16. The zero-order valence-electron chi connectivity index (χ0n) is 12.8. The monoisotopic (exact) mass is 389 g/mol. The number of aromatic nitrogens is 2. The Bertz CT molecular complexity index is 833. The fourth-order valence-corrected chi connectivity index (χ4v) is 3.88. The molecule has 2 heterocycles. The fourth-order valence-electron chi connectivity index (χ4n) is 2.44. The molecule has 0 unspecified atom stereocenters. The molecule has 6 heteroatoms. The van der Waals surface area contributed by atoms with E-state index in [0.29, 0.717) is 17.9 Å². The number of carbonyl (C=O) groups is 1. The summed E-state index contributed by atoms with van der Waals surface area (Å²) < 4.78 is 2.85. The van der Waals surface area contributed by atoms with E-state index in [9.17, 15) is 4.79 Å². The summed E-state index contributed by atoms with van der Waals surface area (Å²) in [6.45, 7) is 4.61. The van der Waals surface area contributed by atoms with E-state index in [-0.39, 0.29) is 5.91 Å². The molecule has 0 saturated heterocycles. The lowest BCUT2D eigenvalue weighted by atomic mass is 10.1. The maximum atomic E-state index is 12.5. The van der Waals surface area contributed by atoms with Gasteiger partial charge in [-0.1, -0.05) is 17.2 Å². The van der Waals surface area contributed by atoms with Gasteiger partial charge >= 0.3 is 0 Å². The van der Waals surface area contributed by atoms with Crippen LogP contribution in [0.5, 0.6) is 0 Å². The molecule has 3 rings (SSSR count). The molecule has 1 aromatic carbocycles. The van der Waals surface area contributed by atoms with Crippen LogP contribution >= 0.6 is 27.3 Å². The third-order valence-electron chi connectivity index (χ3n) is 3.37. The zero-order chi connectivity index (χ0) is 16.4. The van der Waals surface area contributed by atoms with Crippen LogP contribution in [-0.2, 0) is 6.54 Å². The summed E-state index contributed by atoms with van der Waals surface area (Å²) in [5, 5.41) is 9.27. The van der Waals surface area contributed by atoms with Crippen molar-refractivity contribution in [3.05, 3.63) is 67.9 Å². The summed E-state index contributed by atoms with van der Waals surface area (Å²) >= 11 is 5.11. The van der Waals surface area contributed by atoms with E-state index in [1.165, 1.54) is 4.88 Å². The molecule has 0 fully saturated rings. The largest absolute Gasteiger partial charge is 0.307 e. The van der Waals surface area contributed by atoms with E-state index >= 15 is 0 Å². The third kappa shape index (κ3) is 3.89. The van der Waals surface area contributed by atoms with Crippen molar-refractivity contribution in [2.24, 2.45) is 0 Å². The van der Waals surface area contributed by atoms with Crippen LogP contribution in [0.2, 0.25) is 0 Å². The molecule has 0 spiro atoms. The minimum atomic E-state index is -0.120. The van der Waals surface area contributed by atoms with Crippen LogP contribution in [0.1, 0.15) is 26.4 Å². The number of amides is 1. The third-order valence-corrected chi connectivity index (χ3v) is 5.05. The smallest absolute Gasteiger partial charge is 0.256 e. The molecular formula is C17H16BrN3OS. The Balaban J connectivity index is 1.78. The first-order valence-corrected chi connectivity index (χ1v) is 8.83. The van der Waals surface area contributed by atoms with E-state index in [1.54, 1.807) is 22.2 Å². The van der Waals surface area contributed by atoms with E-state index in [4.69, 9.17) is 0 Å². The quantitative estimate of drug-likeness (QED) is 0.707. The summed E-state index contributed by atoms with van der Waals surface area (Å²) in [5.41, 5.74) is 2.81. The van der Waals surface area contributed by atoms with Gasteiger partial charge in [-0.05, 0) is 48.0 Å². The summed E-state index contributed by atoms with van der Waals surface area (Å²) in [4.78, 5) is 13.6. The minimum Gasteiger partial charge on any atom is -0.307 e. The summed E-state index contributed by atoms with van der Waals surface area (Å²) in [6.07, 6.45) is 1.69. The second kappa shape index (κ2) is 6.68. The first-order valence-electron chi connectivity index (χ1n) is 7.15. The van der Waals surface area contributed by atoms with Gasteiger partial charge in [0.15, 0.2) is 0 Å². The maximum absolute atomic E-state index is 12.5. The lowest BCUT2D eigenvalue weighted by Gasteiger charge is -2.09. The second-order valence-corrected chi connectivity index (χ2v) is 7.35. The van der Waals surface area contributed by atoms with Crippen molar-refractivity contribution < 1.29 is 4.79 Å². The van der Waals surface area contributed by atoms with Crippen molar-refractivity contribution in [3.63, 3.8) is 0 Å². The first kappa shape index (κ1) is 16.0. The maximum Gasteiger partial charge on any atom is 0.256 e. The van der Waals surface area contributed by atoms with Crippen LogP contribution in [0.4, 0.5) is 5.82 Å². The molecule has 0 aliphatic rings. The number of carbonyl (C=O) groups excluding carboxylic acids is 1. The van der Waals surface area contributed by atoms with Gasteiger partial charge in [0, 0.05) is 26.4 Å². The SMILES string of the molecule is Cc1cc(C)cc(C(=O)Nc2ccnn2Cc2cc(Br)cs2)c1. The molecule has 0 aliphatic heterocycles. The Hall–Kier alpha value is -1.92. The lowest BCUT2D eigenvalue weighted by molar-refractivity contribution is 0.102. The molecule has 1 amide bonds. The molecular weight excluding hydrogens is 374 g/mol.